The van der Waals surface area contributed by atoms with E-state index in [4.69, 9.17) is 32.7 Å². The molecule has 0 aliphatic carbocycles. The highest BCUT2D eigenvalue weighted by Crippen LogP contribution is 2.27. The fraction of sp³-hybridized carbons (Fsp3) is 0.300. The molecule has 1 N–H and O–H groups in total. The van der Waals surface area contributed by atoms with Gasteiger partial charge >= 0.3 is 5.97 Å². The minimum atomic E-state index is -0.468. The summed E-state index contributed by atoms with van der Waals surface area (Å²) in [4.78, 5) is 23.8. The van der Waals surface area contributed by atoms with E-state index in [0.717, 1.165) is 15.6 Å². The number of halogens is 3. The van der Waals surface area contributed by atoms with Gasteiger partial charge in [0.05, 0.1) is 11.6 Å². The van der Waals surface area contributed by atoms with E-state index in [1.807, 2.05) is 26.0 Å². The van der Waals surface area contributed by atoms with Crippen LogP contribution in [0.5, 0.6) is 5.75 Å². The van der Waals surface area contributed by atoms with Crippen LogP contribution >= 0.6 is 39.1 Å². The van der Waals surface area contributed by atoms with Crippen molar-refractivity contribution in [3.63, 3.8) is 0 Å². The zero-order valence-electron chi connectivity index (χ0n) is 15.5. The number of aryl methyl sites for hydroxylation is 2. The van der Waals surface area contributed by atoms with Crippen molar-refractivity contribution in [3.8, 4) is 5.75 Å². The van der Waals surface area contributed by atoms with Crippen molar-refractivity contribution in [1.29, 1.82) is 0 Å². The summed E-state index contributed by atoms with van der Waals surface area (Å²) in [7, 11) is 0. The number of esters is 1. The summed E-state index contributed by atoms with van der Waals surface area (Å²) in [5.41, 5.74) is 2.60. The van der Waals surface area contributed by atoms with Crippen molar-refractivity contribution in [3.05, 3.63) is 56.0 Å². The summed E-state index contributed by atoms with van der Waals surface area (Å²) in [5.74, 6) is -0.356. The van der Waals surface area contributed by atoms with E-state index in [1.165, 1.54) is 0 Å². The first-order valence-corrected chi connectivity index (χ1v) is 10.1. The van der Waals surface area contributed by atoms with Gasteiger partial charge in [-0.25, -0.2) is 0 Å². The Bertz CT molecular complexity index is 874. The second kappa shape index (κ2) is 10.7. The third kappa shape index (κ3) is 7.00. The highest BCUT2D eigenvalue weighted by Gasteiger charge is 2.11. The van der Waals surface area contributed by atoms with E-state index in [9.17, 15) is 9.59 Å². The van der Waals surface area contributed by atoms with Crippen molar-refractivity contribution < 1.29 is 19.1 Å². The molecule has 0 unspecified atom stereocenters. The van der Waals surface area contributed by atoms with E-state index < -0.39 is 5.97 Å². The molecule has 0 aliphatic heterocycles. The Morgan fingerprint density at radius 1 is 1.11 bits per heavy atom. The molecule has 8 heteroatoms. The van der Waals surface area contributed by atoms with Gasteiger partial charge in [0.1, 0.15) is 5.75 Å². The number of carbonyl (C=O) groups excluding carboxylic acids is 2. The van der Waals surface area contributed by atoms with E-state index in [-0.39, 0.29) is 18.9 Å². The van der Waals surface area contributed by atoms with Crippen molar-refractivity contribution in [2.75, 3.05) is 18.5 Å². The zero-order chi connectivity index (χ0) is 20.7. The van der Waals surface area contributed by atoms with Crippen LogP contribution in [0.1, 0.15) is 24.0 Å². The third-order valence-corrected chi connectivity index (χ3v) is 5.21. The average molecular weight is 489 g/mol. The molecule has 0 bridgehead atoms. The number of nitrogens with one attached hydrogen (secondary N) is 1. The molecule has 0 aliphatic rings. The Labute approximate surface area is 182 Å². The van der Waals surface area contributed by atoms with Crippen LogP contribution < -0.4 is 10.1 Å². The number of hydrogen-bond donors (Lipinski definition) is 1. The van der Waals surface area contributed by atoms with E-state index >= 15 is 0 Å². The molecule has 0 saturated carbocycles. The Morgan fingerprint density at radius 2 is 1.86 bits per heavy atom. The summed E-state index contributed by atoms with van der Waals surface area (Å²) < 4.78 is 11.5. The lowest BCUT2D eigenvalue weighted by Gasteiger charge is -2.11. The fourth-order valence-electron chi connectivity index (χ4n) is 2.31. The largest absolute Gasteiger partial charge is 0.492 e. The van der Waals surface area contributed by atoms with Gasteiger partial charge in [0.15, 0.2) is 6.61 Å². The first kappa shape index (κ1) is 22.5. The van der Waals surface area contributed by atoms with Crippen molar-refractivity contribution in [1.82, 2.24) is 0 Å². The molecule has 0 heterocycles. The summed E-state index contributed by atoms with van der Waals surface area (Å²) >= 11 is 15.3. The minimum absolute atomic E-state index is 0.134. The number of rotatable bonds is 8. The number of amides is 1. The number of anilines is 1. The Morgan fingerprint density at radius 3 is 2.57 bits per heavy atom. The predicted octanol–water partition coefficient (Wildman–Crippen LogP) is 5.71. The Kier molecular flexibility index (Phi) is 8.60. The topological polar surface area (TPSA) is 64.6 Å². The standard InChI is InChI=1S/C20H20BrCl2NO4/c1-12-9-17(13(2)8-15(12)21)24-19(25)11-28-20(26)4-3-7-27-18-6-5-14(22)10-16(18)23/h5-6,8-10H,3-4,7,11H2,1-2H3,(H,24,25). The molecule has 0 spiro atoms. The lowest BCUT2D eigenvalue weighted by atomic mass is 10.1. The highest BCUT2D eigenvalue weighted by atomic mass is 79.9. The van der Waals surface area contributed by atoms with E-state index in [2.05, 4.69) is 21.2 Å². The number of benzene rings is 2. The number of ether oxygens (including phenoxy) is 2. The molecular formula is C20H20BrCl2NO4. The lowest BCUT2D eigenvalue weighted by molar-refractivity contribution is -0.147. The third-order valence-electron chi connectivity index (χ3n) is 3.82. The maximum absolute atomic E-state index is 12.0. The van der Waals surface area contributed by atoms with Gasteiger partial charge in [-0.2, -0.15) is 0 Å². The van der Waals surface area contributed by atoms with Crippen LogP contribution in [0.25, 0.3) is 0 Å². The first-order chi connectivity index (χ1) is 13.3. The van der Waals surface area contributed by atoms with Gasteiger partial charge in [-0.3, -0.25) is 9.59 Å². The molecular weight excluding hydrogens is 469 g/mol. The SMILES string of the molecule is Cc1cc(NC(=O)COC(=O)CCCOc2ccc(Cl)cc2Cl)c(C)cc1Br. The Balaban J connectivity index is 1.69. The molecule has 2 aromatic rings. The van der Waals surface area contributed by atoms with Gasteiger partial charge in [0, 0.05) is 21.6 Å². The number of carbonyl (C=O) groups is 2. The number of hydrogen-bond acceptors (Lipinski definition) is 4. The van der Waals surface area contributed by atoms with E-state index in [1.54, 1.807) is 18.2 Å². The zero-order valence-corrected chi connectivity index (χ0v) is 18.6. The minimum Gasteiger partial charge on any atom is -0.492 e. The lowest BCUT2D eigenvalue weighted by Crippen LogP contribution is -2.21. The molecule has 0 radical (unpaired) electrons. The fourth-order valence-corrected chi connectivity index (χ4v) is 3.23. The molecule has 0 aromatic heterocycles. The summed E-state index contributed by atoms with van der Waals surface area (Å²) in [6.07, 6.45) is 0.569. The van der Waals surface area contributed by atoms with Gasteiger partial charge in [0.2, 0.25) is 0 Å². The molecule has 150 valence electrons. The molecule has 0 saturated heterocycles. The van der Waals surface area contributed by atoms with Crippen LogP contribution in [0, 0.1) is 13.8 Å². The van der Waals surface area contributed by atoms with Gasteiger partial charge < -0.3 is 14.8 Å². The first-order valence-electron chi connectivity index (χ1n) is 8.56. The van der Waals surface area contributed by atoms with Crippen molar-refractivity contribution >= 4 is 56.7 Å². The van der Waals surface area contributed by atoms with Gasteiger partial charge in [-0.1, -0.05) is 39.1 Å². The summed E-state index contributed by atoms with van der Waals surface area (Å²) in [5, 5.41) is 3.67. The van der Waals surface area contributed by atoms with Crippen LogP contribution in [0.2, 0.25) is 10.0 Å². The molecule has 0 atom stereocenters. The molecule has 28 heavy (non-hydrogen) atoms. The summed E-state index contributed by atoms with van der Waals surface area (Å²) in [6.45, 7) is 3.77. The normalized spacial score (nSPS) is 10.5. The van der Waals surface area contributed by atoms with Crippen molar-refractivity contribution in [2.45, 2.75) is 26.7 Å². The quantitative estimate of drug-likeness (QED) is 0.381. The molecule has 2 rings (SSSR count). The molecule has 0 fully saturated rings. The van der Waals surface area contributed by atoms with Crippen LogP contribution in [-0.2, 0) is 14.3 Å². The highest BCUT2D eigenvalue weighted by molar-refractivity contribution is 9.10. The molecule has 5 nitrogen and oxygen atoms in total. The second-order valence-electron chi connectivity index (χ2n) is 6.15. The maximum Gasteiger partial charge on any atom is 0.306 e. The van der Waals surface area contributed by atoms with Crippen molar-refractivity contribution in [2.24, 2.45) is 0 Å². The smallest absolute Gasteiger partial charge is 0.306 e. The van der Waals surface area contributed by atoms with Gasteiger partial charge in [-0.05, 0) is 61.7 Å². The van der Waals surface area contributed by atoms with Crippen LogP contribution in [-0.4, -0.2) is 25.1 Å². The molecule has 2 aromatic carbocycles. The van der Waals surface area contributed by atoms with Gasteiger partial charge in [-0.15, -0.1) is 0 Å². The van der Waals surface area contributed by atoms with Crippen LogP contribution in [0.4, 0.5) is 5.69 Å². The molecule has 1 amide bonds. The second-order valence-corrected chi connectivity index (χ2v) is 7.85. The predicted molar refractivity (Wildman–Crippen MR) is 114 cm³/mol. The maximum atomic E-state index is 12.0. The Hall–Kier alpha value is -1.76. The van der Waals surface area contributed by atoms with Crippen LogP contribution in [0.3, 0.4) is 0 Å². The summed E-state index contributed by atoms with van der Waals surface area (Å²) in [6, 6.07) is 8.70. The van der Waals surface area contributed by atoms with E-state index in [0.29, 0.717) is 34.5 Å². The van der Waals surface area contributed by atoms with Gasteiger partial charge in [0.25, 0.3) is 5.91 Å². The average Bonchev–Trinajstić information content (AvgIpc) is 2.63. The monoisotopic (exact) mass is 487 g/mol. The van der Waals surface area contributed by atoms with Crippen LogP contribution in [0.15, 0.2) is 34.8 Å².